The molecule has 7 nitrogen and oxygen atoms in total. The summed E-state index contributed by atoms with van der Waals surface area (Å²) in [6.07, 6.45) is 0.577. The molecule has 4 aromatic carbocycles. The van der Waals surface area contributed by atoms with Crippen LogP contribution in [0.5, 0.6) is 5.75 Å². The van der Waals surface area contributed by atoms with Gasteiger partial charge in [-0.25, -0.2) is 0 Å². The number of amidine groups is 2. The van der Waals surface area contributed by atoms with Crippen molar-refractivity contribution >= 4 is 70.2 Å². The Morgan fingerprint density at radius 1 is 0.674 bits per heavy atom. The molecule has 11 heteroatoms. The van der Waals surface area contributed by atoms with Gasteiger partial charge in [0.1, 0.15) is 40.9 Å². The van der Waals surface area contributed by atoms with Crippen molar-refractivity contribution in [2.45, 2.75) is 6.92 Å². The molecule has 4 rings (SSSR count). The summed E-state index contributed by atoms with van der Waals surface area (Å²) in [7, 11) is 1.18. The van der Waals surface area contributed by atoms with Gasteiger partial charge in [0.25, 0.3) is 0 Å². The second kappa shape index (κ2) is 16.8. The van der Waals surface area contributed by atoms with E-state index in [0.717, 1.165) is 11.3 Å². The molecule has 0 aromatic heterocycles. The molecule has 0 atom stereocenters. The van der Waals surface area contributed by atoms with E-state index in [1.807, 2.05) is 49.4 Å². The Hall–Kier alpha value is -3.65. The summed E-state index contributed by atoms with van der Waals surface area (Å²) in [5.74, 6) is 0.729. The van der Waals surface area contributed by atoms with Gasteiger partial charge in [-0.1, -0.05) is 54.6 Å². The van der Waals surface area contributed by atoms with Gasteiger partial charge in [-0.3, -0.25) is 0 Å². The van der Waals surface area contributed by atoms with Crippen LogP contribution in [0, 0.1) is 0 Å². The molecule has 0 aliphatic carbocycles. The van der Waals surface area contributed by atoms with Gasteiger partial charge in [-0.05, 0) is 72.8 Å². The van der Waals surface area contributed by atoms with E-state index in [4.69, 9.17) is 30.0 Å². The minimum Gasteiger partial charge on any atom is -0.741 e. The molecule has 0 aliphatic rings. The summed E-state index contributed by atoms with van der Waals surface area (Å²) in [4.78, 5) is 0. The average molecular weight is 675 g/mol. The van der Waals surface area contributed by atoms with Crippen LogP contribution in [0.1, 0.15) is 12.5 Å². The van der Waals surface area contributed by atoms with Gasteiger partial charge in [0, 0.05) is 17.8 Å². The largest absolute Gasteiger partial charge is 2.00 e. The number of nitrogens with one attached hydrogen (secondary N) is 2. The number of methoxy groups -OCH3 is 1. The van der Waals surface area contributed by atoms with Gasteiger partial charge in [0.05, 0.1) is 12.8 Å². The molecule has 43 heavy (non-hydrogen) atoms. The molecular weight excluding hydrogens is 643 g/mol. The first-order valence-corrected chi connectivity index (χ1v) is 16.0. The molecule has 0 saturated carbocycles. The number of benzene rings is 4. The van der Waals surface area contributed by atoms with Gasteiger partial charge in [0.2, 0.25) is 0 Å². The van der Waals surface area contributed by atoms with Gasteiger partial charge in [0.15, 0.2) is 0 Å². The molecule has 0 spiro atoms. The van der Waals surface area contributed by atoms with E-state index in [-0.39, 0.29) is 27.4 Å². The van der Waals surface area contributed by atoms with Crippen molar-refractivity contribution in [1.82, 2.24) is 10.6 Å². The van der Waals surface area contributed by atoms with Gasteiger partial charge in [-0.2, -0.15) is 15.3 Å². The molecule has 0 amide bonds. The zero-order chi connectivity index (χ0) is 29.8. The number of ether oxygens (including phenoxy) is 1. The number of rotatable bonds is 10. The Bertz CT molecular complexity index is 1470. The van der Waals surface area contributed by atoms with Gasteiger partial charge < -0.3 is 40.6 Å². The molecule has 0 bridgehead atoms. The molecule has 0 unspecified atom stereocenters. The van der Waals surface area contributed by atoms with E-state index in [1.165, 1.54) is 15.9 Å². The zero-order valence-corrected chi connectivity index (χ0v) is 27.4. The molecule has 0 saturated heterocycles. The summed E-state index contributed by atoms with van der Waals surface area (Å²) in [6, 6.07) is 39.2. The summed E-state index contributed by atoms with van der Waals surface area (Å²) < 4.78 is 5.29. The Labute approximate surface area is 275 Å². The monoisotopic (exact) mass is 674 g/mol. The molecule has 0 heterocycles. The van der Waals surface area contributed by atoms with Crippen LogP contribution >= 0.6 is 7.26 Å². The van der Waals surface area contributed by atoms with Crippen molar-refractivity contribution < 1.29 is 21.8 Å². The quantitative estimate of drug-likeness (QED) is 0.0654. The maximum absolute atomic E-state index is 5.67. The zero-order valence-electron chi connectivity index (χ0n) is 23.9. The van der Waals surface area contributed by atoms with Crippen molar-refractivity contribution in [3.63, 3.8) is 0 Å². The smallest absolute Gasteiger partial charge is 0.741 e. The summed E-state index contributed by atoms with van der Waals surface area (Å²) in [5, 5.41) is 27.7. The van der Waals surface area contributed by atoms with Crippen LogP contribution in [-0.4, -0.2) is 42.2 Å². The average Bonchev–Trinajstić information content (AvgIpc) is 3.05. The predicted molar refractivity (Wildman–Crippen MR) is 184 cm³/mol. The van der Waals surface area contributed by atoms with Crippen molar-refractivity contribution in [2.24, 2.45) is 20.4 Å². The standard InChI is InChI=1S/C32H33N6OPS2.Cu/c1-24(30(36-37-31(41)33-2)25-19-21-26(39-3)22-20-25)35-38-32(42)34-23-40(27-13-7-4-8-14-27,28-15-9-5-10-16-28)29-17-11-6-12-18-29;/h4-22H,23H2,1-3H3,(H3-,33,34,35,36,37,38,41,42);/q;+2/p-1. The molecule has 0 aliphatic heterocycles. The fraction of sp³-hybridized carbons (Fsp3) is 0.125. The van der Waals surface area contributed by atoms with Crippen LogP contribution in [0.15, 0.2) is 136 Å². The summed E-state index contributed by atoms with van der Waals surface area (Å²) in [5.41, 5.74) is 1.83. The van der Waals surface area contributed by atoms with E-state index < -0.39 is 7.26 Å². The Morgan fingerprint density at radius 3 is 1.58 bits per heavy atom. The summed E-state index contributed by atoms with van der Waals surface area (Å²) >= 11 is 10.8. The fourth-order valence-electron chi connectivity index (χ4n) is 4.39. The third-order valence-corrected chi connectivity index (χ3v) is 11.2. The van der Waals surface area contributed by atoms with Crippen molar-refractivity contribution in [2.75, 3.05) is 20.4 Å². The number of hydrogen-bond donors (Lipinski definition) is 2. The maximum Gasteiger partial charge on any atom is 2.00 e. The van der Waals surface area contributed by atoms with E-state index in [0.29, 0.717) is 17.7 Å². The van der Waals surface area contributed by atoms with Gasteiger partial charge in [-0.15, -0.1) is 5.10 Å². The van der Waals surface area contributed by atoms with Crippen LogP contribution < -0.4 is 31.3 Å². The molecule has 2 N–H and O–H groups in total. The third kappa shape index (κ3) is 8.69. The Morgan fingerprint density at radius 2 is 1.14 bits per heavy atom. The van der Waals surface area contributed by atoms with Crippen molar-refractivity contribution in [3.8, 4) is 5.75 Å². The van der Waals surface area contributed by atoms with Gasteiger partial charge >= 0.3 is 17.1 Å². The number of hydrogen-bond acceptors (Lipinski definition) is 7. The first-order chi connectivity index (χ1) is 20.5. The van der Waals surface area contributed by atoms with Crippen LogP contribution in [0.3, 0.4) is 0 Å². The van der Waals surface area contributed by atoms with E-state index in [1.54, 1.807) is 14.2 Å². The topological polar surface area (TPSA) is 82.7 Å². The van der Waals surface area contributed by atoms with Crippen LogP contribution in [0.25, 0.3) is 0 Å². The van der Waals surface area contributed by atoms with E-state index in [9.17, 15) is 0 Å². The minimum absolute atomic E-state index is 0. The fourth-order valence-corrected chi connectivity index (χ4v) is 8.52. The van der Waals surface area contributed by atoms with Crippen LogP contribution in [0.4, 0.5) is 0 Å². The predicted octanol–water partition coefficient (Wildman–Crippen LogP) is 4.34. The Balaban J connectivity index is 0.00000506. The number of nitrogens with zero attached hydrogens (tertiary/aromatic N) is 4. The molecular formula is C32H32CuN6OPS2+. The molecule has 1 radical (unpaired) electrons. The van der Waals surface area contributed by atoms with Crippen molar-refractivity contribution in [3.05, 3.63) is 121 Å². The molecule has 0 fully saturated rings. The first-order valence-electron chi connectivity index (χ1n) is 13.2. The second-order valence-electron chi connectivity index (χ2n) is 9.07. The SMILES string of the molecule is CN/C([S-])=N/N=C(/C(C)=N/N=C(\[S-])NC[P+](c1ccccc1)(c1ccccc1)c1ccccc1)c1ccc(OC)cc1.[Cu+2]. The molecule has 4 aromatic rings. The van der Waals surface area contributed by atoms with E-state index in [2.05, 4.69) is 104 Å². The Kier molecular flexibility index (Phi) is 13.3. The second-order valence-corrected chi connectivity index (χ2v) is 13.3. The first kappa shape index (κ1) is 33.8. The maximum atomic E-state index is 5.67. The molecule has 223 valence electrons. The van der Waals surface area contributed by atoms with Crippen molar-refractivity contribution in [1.29, 1.82) is 0 Å². The van der Waals surface area contributed by atoms with Crippen LogP contribution in [-0.2, 0) is 42.3 Å². The minimum atomic E-state index is -2.13. The summed E-state index contributed by atoms with van der Waals surface area (Å²) in [6.45, 7) is 1.81. The third-order valence-electron chi connectivity index (χ3n) is 6.51. The van der Waals surface area contributed by atoms with Crippen LogP contribution in [0.2, 0.25) is 0 Å². The normalized spacial score (nSPS) is 12.7. The van der Waals surface area contributed by atoms with E-state index >= 15 is 0 Å².